The molecule has 1 rings (SSSR count). The summed E-state index contributed by atoms with van der Waals surface area (Å²) in [5.74, 6) is -0.385. The molecule has 1 aliphatic carbocycles. The van der Waals surface area contributed by atoms with Crippen molar-refractivity contribution in [1.29, 1.82) is 0 Å². The molecule has 0 radical (unpaired) electrons. The van der Waals surface area contributed by atoms with Crippen molar-refractivity contribution in [2.75, 3.05) is 0 Å². The average molecular weight is 279 g/mol. The van der Waals surface area contributed by atoms with Crippen molar-refractivity contribution in [2.24, 2.45) is 5.92 Å². The van der Waals surface area contributed by atoms with E-state index < -0.39 is 0 Å². The molecule has 1 N–H and O–H groups in total. The van der Waals surface area contributed by atoms with E-state index in [1.165, 1.54) is 0 Å². The van der Waals surface area contributed by atoms with Crippen molar-refractivity contribution >= 4 is 11.9 Å². The lowest BCUT2D eigenvalue weighted by Crippen LogP contribution is -2.42. The van der Waals surface area contributed by atoms with Crippen molar-refractivity contribution in [3.05, 3.63) is 25.3 Å². The highest BCUT2D eigenvalue weighted by Crippen LogP contribution is 2.23. The first-order valence-electron chi connectivity index (χ1n) is 7.30. The van der Waals surface area contributed by atoms with Crippen LogP contribution in [0.4, 0.5) is 0 Å². The zero-order valence-electron chi connectivity index (χ0n) is 12.3. The quantitative estimate of drug-likeness (QED) is 0.549. The molecule has 1 amide bonds. The first kappa shape index (κ1) is 16.5. The summed E-state index contributed by atoms with van der Waals surface area (Å²) in [6, 6.07) is -0.0489. The summed E-state index contributed by atoms with van der Waals surface area (Å²) in [7, 11) is 0. The Balaban J connectivity index is 2.44. The number of esters is 1. The molecule has 1 fully saturated rings. The lowest BCUT2D eigenvalue weighted by Gasteiger charge is -2.22. The first-order chi connectivity index (χ1) is 9.58. The van der Waals surface area contributed by atoms with Crippen LogP contribution in [-0.4, -0.2) is 24.0 Å². The van der Waals surface area contributed by atoms with Crippen LogP contribution in [0, 0.1) is 5.92 Å². The molecule has 112 valence electrons. The van der Waals surface area contributed by atoms with Crippen LogP contribution in [0.2, 0.25) is 0 Å². The Bertz CT molecular complexity index is 365. The minimum Gasteiger partial charge on any atom is -0.460 e. The Morgan fingerprint density at radius 1 is 1.35 bits per heavy atom. The molecule has 0 spiro atoms. The summed E-state index contributed by atoms with van der Waals surface area (Å²) in [6.07, 6.45) is 7.63. The summed E-state index contributed by atoms with van der Waals surface area (Å²) < 4.78 is 5.52. The van der Waals surface area contributed by atoms with Crippen LogP contribution < -0.4 is 5.32 Å². The van der Waals surface area contributed by atoms with Gasteiger partial charge in [-0.25, -0.2) is 0 Å². The van der Waals surface area contributed by atoms with Gasteiger partial charge in [0.05, 0.1) is 12.0 Å². The van der Waals surface area contributed by atoms with Crippen molar-refractivity contribution in [2.45, 2.75) is 57.6 Å². The van der Waals surface area contributed by atoms with Crippen LogP contribution in [0.3, 0.4) is 0 Å². The lowest BCUT2D eigenvalue weighted by atomic mass is 10.1. The van der Waals surface area contributed by atoms with Crippen molar-refractivity contribution in [1.82, 2.24) is 5.32 Å². The summed E-state index contributed by atoms with van der Waals surface area (Å²) in [5.41, 5.74) is 0. The number of carbonyl (C=O) groups excluding carboxylic acids is 2. The van der Waals surface area contributed by atoms with Crippen LogP contribution in [0.1, 0.15) is 45.4 Å². The normalized spacial score (nSPS) is 22.9. The van der Waals surface area contributed by atoms with E-state index in [1.807, 2.05) is 6.92 Å². The van der Waals surface area contributed by atoms with Gasteiger partial charge < -0.3 is 10.1 Å². The number of carbonyl (C=O) groups is 2. The maximum atomic E-state index is 11.9. The fraction of sp³-hybridized carbons (Fsp3) is 0.625. The van der Waals surface area contributed by atoms with Gasteiger partial charge in [0.2, 0.25) is 5.91 Å². The smallest absolute Gasteiger partial charge is 0.309 e. The fourth-order valence-corrected chi connectivity index (χ4v) is 2.36. The molecule has 0 bridgehead atoms. The molecule has 4 nitrogen and oxygen atoms in total. The Labute approximate surface area is 121 Å². The molecule has 1 saturated carbocycles. The second-order valence-corrected chi connectivity index (χ2v) is 5.33. The topological polar surface area (TPSA) is 55.4 Å². The van der Waals surface area contributed by atoms with E-state index in [0.717, 1.165) is 19.3 Å². The monoisotopic (exact) mass is 279 g/mol. The summed E-state index contributed by atoms with van der Waals surface area (Å²) >= 11 is 0. The van der Waals surface area contributed by atoms with Gasteiger partial charge in [0.25, 0.3) is 0 Å². The molecule has 4 heteroatoms. The number of amides is 1. The molecule has 0 aromatic rings. The SMILES string of the molecule is C=CCCC(=O)N[C@H]1CCC[C@H]1OC(=O)C(C)CC=C. The zero-order chi connectivity index (χ0) is 15.0. The Kier molecular flexibility index (Phi) is 7.05. The third kappa shape index (κ3) is 5.19. The summed E-state index contributed by atoms with van der Waals surface area (Å²) in [4.78, 5) is 23.6. The standard InChI is InChI=1S/C16H25NO3/c1-4-6-11-15(18)17-13-9-7-10-14(13)20-16(19)12(3)8-5-2/h4-5,12-14H,1-2,6-11H2,3H3,(H,17,18)/t12?,13-,14+/m0/s1. The van der Waals surface area contributed by atoms with Gasteiger partial charge in [-0.3, -0.25) is 9.59 Å². The summed E-state index contributed by atoms with van der Waals surface area (Å²) in [5, 5.41) is 2.96. The molecule has 3 atom stereocenters. The fourth-order valence-electron chi connectivity index (χ4n) is 2.36. The van der Waals surface area contributed by atoms with Gasteiger partial charge in [0.15, 0.2) is 0 Å². The molecule has 0 saturated heterocycles. The molecular weight excluding hydrogens is 254 g/mol. The molecular formula is C16H25NO3. The van der Waals surface area contributed by atoms with Crippen LogP contribution in [0.5, 0.6) is 0 Å². The van der Waals surface area contributed by atoms with Gasteiger partial charge in [-0.2, -0.15) is 0 Å². The maximum absolute atomic E-state index is 11.9. The molecule has 0 aromatic heterocycles. The van der Waals surface area contributed by atoms with E-state index in [4.69, 9.17) is 4.74 Å². The Hall–Kier alpha value is -1.58. The number of hydrogen-bond acceptors (Lipinski definition) is 3. The molecule has 1 unspecified atom stereocenters. The number of rotatable bonds is 8. The number of nitrogens with one attached hydrogen (secondary N) is 1. The van der Waals surface area contributed by atoms with Crippen LogP contribution in [0.15, 0.2) is 25.3 Å². The highest BCUT2D eigenvalue weighted by atomic mass is 16.5. The molecule has 0 aromatic carbocycles. The van der Waals surface area contributed by atoms with Crippen molar-refractivity contribution in [3.63, 3.8) is 0 Å². The van der Waals surface area contributed by atoms with Gasteiger partial charge in [-0.15, -0.1) is 13.2 Å². The van der Waals surface area contributed by atoms with Gasteiger partial charge in [-0.05, 0) is 32.1 Å². The average Bonchev–Trinajstić information content (AvgIpc) is 2.83. The minimum atomic E-state index is -0.206. The first-order valence-corrected chi connectivity index (χ1v) is 7.30. The zero-order valence-corrected chi connectivity index (χ0v) is 12.3. The van der Waals surface area contributed by atoms with Crippen LogP contribution in [0.25, 0.3) is 0 Å². The minimum absolute atomic E-state index is 0.00279. The summed E-state index contributed by atoms with van der Waals surface area (Å²) in [6.45, 7) is 9.05. The van der Waals surface area contributed by atoms with E-state index in [9.17, 15) is 9.59 Å². The number of hydrogen-bond donors (Lipinski definition) is 1. The van der Waals surface area contributed by atoms with Crippen LogP contribution >= 0.6 is 0 Å². The third-order valence-electron chi connectivity index (χ3n) is 3.56. The van der Waals surface area contributed by atoms with E-state index in [1.54, 1.807) is 12.2 Å². The molecule has 20 heavy (non-hydrogen) atoms. The van der Waals surface area contributed by atoms with Gasteiger partial charge in [-0.1, -0.05) is 19.1 Å². The van der Waals surface area contributed by atoms with Gasteiger partial charge >= 0.3 is 5.97 Å². The molecule has 0 aliphatic heterocycles. The van der Waals surface area contributed by atoms with E-state index >= 15 is 0 Å². The van der Waals surface area contributed by atoms with E-state index in [-0.39, 0.29) is 29.9 Å². The van der Waals surface area contributed by atoms with Crippen molar-refractivity contribution in [3.8, 4) is 0 Å². The van der Waals surface area contributed by atoms with E-state index in [2.05, 4.69) is 18.5 Å². The predicted molar refractivity (Wildman–Crippen MR) is 79.1 cm³/mol. The van der Waals surface area contributed by atoms with Crippen LogP contribution in [-0.2, 0) is 14.3 Å². The second kappa shape index (κ2) is 8.56. The lowest BCUT2D eigenvalue weighted by molar-refractivity contribution is -0.154. The third-order valence-corrected chi connectivity index (χ3v) is 3.56. The van der Waals surface area contributed by atoms with Gasteiger partial charge in [0, 0.05) is 6.42 Å². The Morgan fingerprint density at radius 3 is 2.75 bits per heavy atom. The van der Waals surface area contributed by atoms with Gasteiger partial charge in [0.1, 0.15) is 6.10 Å². The largest absolute Gasteiger partial charge is 0.460 e. The number of allylic oxidation sites excluding steroid dienone is 2. The molecule has 0 heterocycles. The molecule has 1 aliphatic rings. The predicted octanol–water partition coefficient (Wildman–Crippen LogP) is 2.75. The second-order valence-electron chi connectivity index (χ2n) is 5.33. The maximum Gasteiger partial charge on any atom is 0.309 e. The number of ether oxygens (including phenoxy) is 1. The van der Waals surface area contributed by atoms with E-state index in [0.29, 0.717) is 19.3 Å². The highest BCUT2D eigenvalue weighted by Gasteiger charge is 2.32. The van der Waals surface area contributed by atoms with Crippen molar-refractivity contribution < 1.29 is 14.3 Å². The Morgan fingerprint density at radius 2 is 2.10 bits per heavy atom. The highest BCUT2D eigenvalue weighted by molar-refractivity contribution is 5.76.